The average molecular weight is 313 g/mol. The Hall–Kier alpha value is -2.33. The molecule has 4 nitrogen and oxygen atoms in total. The van der Waals surface area contributed by atoms with Gasteiger partial charge in [0.25, 0.3) is 0 Å². The number of carbonyl (C=O) groups is 1. The van der Waals surface area contributed by atoms with Gasteiger partial charge in [-0.3, -0.25) is 0 Å². The monoisotopic (exact) mass is 313 g/mol. The van der Waals surface area contributed by atoms with E-state index in [2.05, 4.69) is 31.3 Å². The van der Waals surface area contributed by atoms with Gasteiger partial charge in [0.1, 0.15) is 5.75 Å². The lowest BCUT2D eigenvalue weighted by Crippen LogP contribution is -2.30. The molecular weight excluding hydrogens is 290 g/mol. The molecule has 0 heterocycles. The molecule has 0 radical (unpaired) electrons. The average Bonchev–Trinajstić information content (AvgIpc) is 2.59. The smallest absolute Gasteiger partial charge is 0.335 e. The third-order valence-corrected chi connectivity index (χ3v) is 4.22. The highest BCUT2D eigenvalue weighted by molar-refractivity contribution is 5.87. The van der Waals surface area contributed by atoms with Crippen LogP contribution in [0.4, 0.5) is 0 Å². The van der Waals surface area contributed by atoms with Crippen molar-refractivity contribution in [3.05, 3.63) is 65.2 Å². The van der Waals surface area contributed by atoms with E-state index in [-0.39, 0.29) is 0 Å². The molecule has 0 aromatic heterocycles. The van der Waals surface area contributed by atoms with E-state index in [0.29, 0.717) is 24.1 Å². The van der Waals surface area contributed by atoms with Crippen LogP contribution in [-0.2, 0) is 6.54 Å². The van der Waals surface area contributed by atoms with E-state index in [1.807, 2.05) is 24.3 Å². The maximum Gasteiger partial charge on any atom is 0.335 e. The Morgan fingerprint density at radius 1 is 1.09 bits per heavy atom. The summed E-state index contributed by atoms with van der Waals surface area (Å²) in [6.45, 7) is 5.05. The molecule has 0 aliphatic rings. The molecule has 0 saturated carbocycles. The van der Waals surface area contributed by atoms with Gasteiger partial charge in [0, 0.05) is 12.6 Å². The second kappa shape index (κ2) is 7.79. The van der Waals surface area contributed by atoms with Crippen molar-refractivity contribution in [3.8, 4) is 5.75 Å². The molecule has 23 heavy (non-hydrogen) atoms. The highest BCUT2D eigenvalue weighted by atomic mass is 16.5. The van der Waals surface area contributed by atoms with Crippen LogP contribution < -0.4 is 10.1 Å². The minimum atomic E-state index is -0.897. The molecule has 0 fully saturated rings. The molecule has 0 amide bonds. The second-order valence-corrected chi connectivity index (χ2v) is 5.73. The Bertz CT molecular complexity index is 635. The number of carboxylic acids is 1. The lowest BCUT2D eigenvalue weighted by molar-refractivity contribution is 0.0697. The van der Waals surface area contributed by atoms with Crippen LogP contribution >= 0.6 is 0 Å². The van der Waals surface area contributed by atoms with Crippen molar-refractivity contribution in [1.82, 2.24) is 5.32 Å². The number of carboxylic acid groups (broad SMARTS) is 1. The maximum atomic E-state index is 10.8. The van der Waals surface area contributed by atoms with Gasteiger partial charge in [-0.25, -0.2) is 4.79 Å². The number of ether oxygens (including phenoxy) is 1. The lowest BCUT2D eigenvalue weighted by Gasteiger charge is -2.22. The molecule has 122 valence electrons. The van der Waals surface area contributed by atoms with E-state index in [1.165, 1.54) is 5.56 Å². The van der Waals surface area contributed by atoms with Crippen LogP contribution in [0.1, 0.15) is 41.3 Å². The van der Waals surface area contributed by atoms with Gasteiger partial charge >= 0.3 is 5.97 Å². The number of hydrogen-bond acceptors (Lipinski definition) is 3. The summed E-state index contributed by atoms with van der Waals surface area (Å²) in [5, 5.41) is 12.4. The van der Waals surface area contributed by atoms with Crippen molar-refractivity contribution < 1.29 is 14.6 Å². The Labute approximate surface area is 137 Å². The van der Waals surface area contributed by atoms with Crippen LogP contribution in [0.15, 0.2) is 48.5 Å². The minimum absolute atomic E-state index is 0.294. The third-order valence-electron chi connectivity index (χ3n) is 4.22. The highest BCUT2D eigenvalue weighted by Crippen LogP contribution is 2.22. The molecule has 0 bridgehead atoms. The fourth-order valence-electron chi connectivity index (χ4n) is 2.42. The van der Waals surface area contributed by atoms with Gasteiger partial charge in [0.05, 0.1) is 12.7 Å². The van der Waals surface area contributed by atoms with Crippen LogP contribution in [0.25, 0.3) is 0 Å². The van der Waals surface area contributed by atoms with Gasteiger partial charge in [0.2, 0.25) is 0 Å². The number of methoxy groups -OCH3 is 1. The standard InChI is InChI=1S/C19H23NO3/c1-13(16-8-10-18(23-3)11-9-16)14(2)20-12-15-4-6-17(7-5-15)19(21)22/h4-11,13-14,20H,12H2,1-3H3,(H,21,22). The van der Waals surface area contributed by atoms with Crippen LogP contribution in [0.3, 0.4) is 0 Å². The number of nitrogens with one attached hydrogen (secondary N) is 1. The normalized spacial score (nSPS) is 13.3. The molecule has 2 unspecified atom stereocenters. The molecule has 2 N–H and O–H groups in total. The van der Waals surface area contributed by atoms with Gasteiger partial charge in [-0.15, -0.1) is 0 Å². The first-order valence-corrected chi connectivity index (χ1v) is 7.71. The molecule has 0 aliphatic carbocycles. The van der Waals surface area contributed by atoms with E-state index in [9.17, 15) is 4.79 Å². The predicted octanol–water partition coefficient (Wildman–Crippen LogP) is 3.68. The molecule has 0 saturated heterocycles. The predicted molar refractivity (Wildman–Crippen MR) is 91.1 cm³/mol. The van der Waals surface area contributed by atoms with Crippen molar-refractivity contribution >= 4 is 5.97 Å². The summed E-state index contributed by atoms with van der Waals surface area (Å²) in [5.74, 6) is 0.324. The summed E-state index contributed by atoms with van der Waals surface area (Å²) >= 11 is 0. The second-order valence-electron chi connectivity index (χ2n) is 5.73. The molecule has 2 aromatic carbocycles. The fourth-order valence-corrected chi connectivity index (χ4v) is 2.42. The fraction of sp³-hybridized carbons (Fsp3) is 0.316. The minimum Gasteiger partial charge on any atom is -0.497 e. The largest absolute Gasteiger partial charge is 0.497 e. The summed E-state index contributed by atoms with van der Waals surface area (Å²) in [7, 11) is 1.66. The summed E-state index contributed by atoms with van der Waals surface area (Å²) in [5.41, 5.74) is 2.64. The topological polar surface area (TPSA) is 58.6 Å². The molecule has 2 atom stereocenters. The summed E-state index contributed by atoms with van der Waals surface area (Å²) in [6.07, 6.45) is 0. The number of rotatable bonds is 7. The lowest BCUT2D eigenvalue weighted by atomic mass is 9.94. The van der Waals surface area contributed by atoms with Crippen LogP contribution in [0.5, 0.6) is 5.75 Å². The number of hydrogen-bond donors (Lipinski definition) is 2. The van der Waals surface area contributed by atoms with Crippen molar-refractivity contribution in [1.29, 1.82) is 0 Å². The Balaban J connectivity index is 1.92. The van der Waals surface area contributed by atoms with E-state index in [1.54, 1.807) is 19.2 Å². The summed E-state index contributed by atoms with van der Waals surface area (Å²) in [6, 6.07) is 15.4. The zero-order valence-corrected chi connectivity index (χ0v) is 13.7. The van der Waals surface area contributed by atoms with Crippen LogP contribution in [0, 0.1) is 0 Å². The van der Waals surface area contributed by atoms with Gasteiger partial charge in [-0.1, -0.05) is 31.2 Å². The molecule has 2 rings (SSSR count). The van der Waals surface area contributed by atoms with Crippen molar-refractivity contribution in [2.45, 2.75) is 32.4 Å². The number of aromatic carboxylic acids is 1. The zero-order valence-electron chi connectivity index (χ0n) is 13.7. The molecule has 2 aromatic rings. The van der Waals surface area contributed by atoms with Crippen molar-refractivity contribution in [2.75, 3.05) is 7.11 Å². The Morgan fingerprint density at radius 2 is 1.70 bits per heavy atom. The third kappa shape index (κ3) is 4.57. The SMILES string of the molecule is COc1ccc(C(C)C(C)NCc2ccc(C(=O)O)cc2)cc1. The molecule has 0 spiro atoms. The van der Waals surface area contributed by atoms with Crippen LogP contribution in [-0.4, -0.2) is 24.2 Å². The maximum absolute atomic E-state index is 10.8. The van der Waals surface area contributed by atoms with Gasteiger partial charge in [-0.05, 0) is 48.2 Å². The highest BCUT2D eigenvalue weighted by Gasteiger charge is 2.14. The van der Waals surface area contributed by atoms with Gasteiger partial charge in [0.15, 0.2) is 0 Å². The van der Waals surface area contributed by atoms with Crippen molar-refractivity contribution in [2.24, 2.45) is 0 Å². The number of benzene rings is 2. The first-order valence-electron chi connectivity index (χ1n) is 7.71. The first kappa shape index (κ1) is 17.0. The van der Waals surface area contributed by atoms with E-state index in [0.717, 1.165) is 11.3 Å². The quantitative estimate of drug-likeness (QED) is 0.819. The Morgan fingerprint density at radius 3 is 2.22 bits per heavy atom. The first-order chi connectivity index (χ1) is 11.0. The van der Waals surface area contributed by atoms with Gasteiger partial charge < -0.3 is 15.2 Å². The van der Waals surface area contributed by atoms with Crippen LogP contribution in [0.2, 0.25) is 0 Å². The molecular formula is C19H23NO3. The zero-order chi connectivity index (χ0) is 16.8. The molecule has 0 aliphatic heterocycles. The Kier molecular flexibility index (Phi) is 5.77. The van der Waals surface area contributed by atoms with Crippen molar-refractivity contribution in [3.63, 3.8) is 0 Å². The van der Waals surface area contributed by atoms with E-state index < -0.39 is 5.97 Å². The van der Waals surface area contributed by atoms with Gasteiger partial charge in [-0.2, -0.15) is 0 Å². The van der Waals surface area contributed by atoms with E-state index in [4.69, 9.17) is 9.84 Å². The molecule has 4 heteroatoms. The van der Waals surface area contributed by atoms with E-state index >= 15 is 0 Å². The summed E-state index contributed by atoms with van der Waals surface area (Å²) in [4.78, 5) is 10.8. The summed E-state index contributed by atoms with van der Waals surface area (Å²) < 4.78 is 5.18.